The molecule has 1 aromatic carbocycles. The predicted molar refractivity (Wildman–Crippen MR) is 129 cm³/mol. The molecule has 172 valence electrons. The molecule has 3 rings (SSSR count). The zero-order chi connectivity index (χ0) is 23.3. The number of thiocarbonyl (C=S) groups is 1. The Labute approximate surface area is 198 Å². The third-order valence-electron chi connectivity index (χ3n) is 5.25. The van der Waals surface area contributed by atoms with E-state index >= 15 is 0 Å². The molecule has 0 radical (unpaired) electrons. The van der Waals surface area contributed by atoms with Crippen LogP contribution in [0.2, 0.25) is 5.15 Å². The number of rotatable bonds is 7. The molecule has 1 amide bonds. The number of hydrazine groups is 1. The number of halogens is 1. The summed E-state index contributed by atoms with van der Waals surface area (Å²) in [5, 5.41) is 12.0. The molecule has 0 spiro atoms. The van der Waals surface area contributed by atoms with Gasteiger partial charge in [0.2, 0.25) is 0 Å². The minimum Gasteiger partial charge on any atom is -0.493 e. The molecule has 1 aromatic heterocycles. The molecule has 0 aliphatic carbocycles. The fraction of sp³-hybridized carbons (Fsp3) is 0.409. The van der Waals surface area contributed by atoms with Crippen LogP contribution in [0.3, 0.4) is 0 Å². The number of amides is 1. The minimum atomic E-state index is -0.147. The molecule has 0 atom stereocenters. The number of aromatic nitrogens is 2. The van der Waals surface area contributed by atoms with E-state index in [9.17, 15) is 4.79 Å². The number of methoxy groups -OCH3 is 2. The summed E-state index contributed by atoms with van der Waals surface area (Å²) in [5.41, 5.74) is 2.61. The summed E-state index contributed by atoms with van der Waals surface area (Å²) in [6, 6.07) is 5.83. The first kappa shape index (κ1) is 23.9. The Bertz CT molecular complexity index is 1020. The second kappa shape index (κ2) is 10.7. The van der Waals surface area contributed by atoms with Gasteiger partial charge in [0.05, 0.1) is 19.9 Å². The van der Waals surface area contributed by atoms with E-state index in [0.717, 1.165) is 29.7 Å². The minimum absolute atomic E-state index is 0.147. The fourth-order valence-electron chi connectivity index (χ4n) is 3.57. The third-order valence-corrected chi connectivity index (χ3v) is 6.05. The lowest BCUT2D eigenvalue weighted by molar-refractivity contribution is -0.133. The van der Waals surface area contributed by atoms with Crippen LogP contribution in [0.4, 0.5) is 0 Å². The average molecular weight is 478 g/mol. The topological polar surface area (TPSA) is 71.9 Å². The Hall–Kier alpha value is -2.78. The highest BCUT2D eigenvalue weighted by atomic mass is 35.5. The number of ether oxygens (including phenoxy) is 2. The summed E-state index contributed by atoms with van der Waals surface area (Å²) in [6.07, 6.45) is 4.82. The van der Waals surface area contributed by atoms with Crippen molar-refractivity contribution in [3.05, 3.63) is 46.2 Å². The highest BCUT2D eigenvalue weighted by Gasteiger charge is 2.27. The third kappa shape index (κ3) is 5.34. The van der Waals surface area contributed by atoms with Crippen molar-refractivity contribution in [2.75, 3.05) is 33.9 Å². The van der Waals surface area contributed by atoms with Crippen LogP contribution < -0.4 is 14.8 Å². The van der Waals surface area contributed by atoms with E-state index in [1.807, 2.05) is 30.1 Å². The summed E-state index contributed by atoms with van der Waals surface area (Å²) < 4.78 is 12.2. The normalized spacial score (nSPS) is 13.7. The van der Waals surface area contributed by atoms with Crippen molar-refractivity contribution in [3.8, 4) is 11.5 Å². The molecule has 8 nitrogen and oxygen atoms in total. The van der Waals surface area contributed by atoms with Gasteiger partial charge < -0.3 is 14.8 Å². The Kier molecular flexibility index (Phi) is 7.98. The first-order valence-corrected chi connectivity index (χ1v) is 11.1. The van der Waals surface area contributed by atoms with Crippen LogP contribution in [0.1, 0.15) is 23.2 Å². The quantitative estimate of drug-likeness (QED) is 0.485. The van der Waals surface area contributed by atoms with E-state index in [4.69, 9.17) is 33.3 Å². The van der Waals surface area contributed by atoms with Gasteiger partial charge in [-0.3, -0.25) is 14.5 Å². The summed E-state index contributed by atoms with van der Waals surface area (Å²) in [6.45, 7) is 3.79. The van der Waals surface area contributed by atoms with Crippen LogP contribution in [-0.2, 0) is 18.3 Å². The lowest BCUT2D eigenvalue weighted by atomic mass is 10.1. The van der Waals surface area contributed by atoms with Crippen molar-refractivity contribution in [1.29, 1.82) is 0 Å². The summed E-state index contributed by atoms with van der Waals surface area (Å²) >= 11 is 11.8. The van der Waals surface area contributed by atoms with Crippen molar-refractivity contribution < 1.29 is 14.3 Å². The molecule has 1 fully saturated rings. The fourth-order valence-corrected chi connectivity index (χ4v) is 4.10. The Morgan fingerprint density at radius 3 is 2.62 bits per heavy atom. The molecule has 0 saturated carbocycles. The Balaban J connectivity index is 1.57. The number of nitrogens with zero attached hydrogens (tertiary/aromatic N) is 4. The molecule has 0 bridgehead atoms. The molecular weight excluding hydrogens is 450 g/mol. The summed E-state index contributed by atoms with van der Waals surface area (Å²) in [7, 11) is 5.00. The van der Waals surface area contributed by atoms with Crippen LogP contribution in [0.15, 0.2) is 24.3 Å². The summed E-state index contributed by atoms with van der Waals surface area (Å²) in [4.78, 5) is 12.8. The van der Waals surface area contributed by atoms with E-state index in [-0.39, 0.29) is 5.91 Å². The monoisotopic (exact) mass is 477 g/mol. The van der Waals surface area contributed by atoms with Gasteiger partial charge in [-0.15, -0.1) is 0 Å². The number of hydrogen-bond donors (Lipinski definition) is 1. The number of aryl methyl sites for hydroxylation is 2. The highest BCUT2D eigenvalue weighted by Crippen LogP contribution is 2.27. The molecule has 0 unspecified atom stereocenters. The smallest absolute Gasteiger partial charge is 0.265 e. The van der Waals surface area contributed by atoms with Crippen LogP contribution >= 0.6 is 23.8 Å². The maximum absolute atomic E-state index is 12.8. The van der Waals surface area contributed by atoms with E-state index in [2.05, 4.69) is 10.4 Å². The van der Waals surface area contributed by atoms with Gasteiger partial charge in [-0.25, -0.2) is 5.01 Å². The zero-order valence-electron chi connectivity index (χ0n) is 18.7. The number of carbonyl (C=O) groups excluding carboxylic acids is 1. The second-order valence-electron chi connectivity index (χ2n) is 7.36. The molecule has 1 N–H and O–H groups in total. The first-order chi connectivity index (χ1) is 15.3. The van der Waals surface area contributed by atoms with Gasteiger partial charge in [0.25, 0.3) is 5.91 Å². The number of nitrogens with one attached hydrogen (secondary N) is 1. The molecule has 1 aliphatic rings. The molecule has 1 saturated heterocycles. The standard InChI is InChI=1S/C22H28ClN5O3S/c1-15-17(21(23)26(2)25-15)7-9-20(29)27-12-5-13-28(27)22(32)24-11-10-16-6-8-18(30-3)19(14-16)31-4/h6-9,14H,5,10-13H2,1-4H3,(H,24,32). The van der Waals surface area contributed by atoms with Gasteiger partial charge in [0, 0.05) is 38.3 Å². The maximum Gasteiger partial charge on any atom is 0.265 e. The maximum atomic E-state index is 12.8. The Morgan fingerprint density at radius 2 is 1.97 bits per heavy atom. The molecular formula is C22H28ClN5O3S. The van der Waals surface area contributed by atoms with Crippen LogP contribution in [-0.4, -0.2) is 64.7 Å². The van der Waals surface area contributed by atoms with Crippen molar-refractivity contribution in [2.24, 2.45) is 7.05 Å². The van der Waals surface area contributed by atoms with Crippen molar-refractivity contribution >= 4 is 40.9 Å². The highest BCUT2D eigenvalue weighted by molar-refractivity contribution is 7.80. The predicted octanol–water partition coefficient (Wildman–Crippen LogP) is 2.98. The summed E-state index contributed by atoms with van der Waals surface area (Å²) in [5.74, 6) is 1.24. The molecule has 2 aromatic rings. The zero-order valence-corrected chi connectivity index (χ0v) is 20.3. The van der Waals surface area contributed by atoms with Gasteiger partial charge in [0.15, 0.2) is 16.6 Å². The molecule has 2 heterocycles. The second-order valence-corrected chi connectivity index (χ2v) is 8.10. The first-order valence-electron chi connectivity index (χ1n) is 10.3. The van der Waals surface area contributed by atoms with Crippen LogP contribution in [0, 0.1) is 6.92 Å². The molecule has 32 heavy (non-hydrogen) atoms. The SMILES string of the molecule is COc1ccc(CCNC(=S)N2CCCN2C(=O)C=Cc2c(C)nn(C)c2Cl)cc1OC. The van der Waals surface area contributed by atoms with Crippen molar-refractivity contribution in [1.82, 2.24) is 25.1 Å². The van der Waals surface area contributed by atoms with E-state index < -0.39 is 0 Å². The van der Waals surface area contributed by atoms with Gasteiger partial charge in [-0.05, 0) is 55.8 Å². The van der Waals surface area contributed by atoms with E-state index in [1.54, 1.807) is 37.0 Å². The lowest BCUT2D eigenvalue weighted by Crippen LogP contribution is -2.49. The van der Waals surface area contributed by atoms with Gasteiger partial charge >= 0.3 is 0 Å². The number of benzene rings is 1. The van der Waals surface area contributed by atoms with E-state index in [1.165, 1.54) is 6.08 Å². The van der Waals surface area contributed by atoms with Gasteiger partial charge in [-0.2, -0.15) is 5.10 Å². The average Bonchev–Trinajstić information content (AvgIpc) is 3.37. The number of carbonyl (C=O) groups is 1. The lowest BCUT2D eigenvalue weighted by Gasteiger charge is -2.29. The largest absolute Gasteiger partial charge is 0.493 e. The van der Waals surface area contributed by atoms with Crippen LogP contribution in [0.25, 0.3) is 6.08 Å². The Morgan fingerprint density at radius 1 is 1.25 bits per heavy atom. The molecule has 10 heteroatoms. The van der Waals surface area contributed by atoms with Crippen molar-refractivity contribution in [2.45, 2.75) is 19.8 Å². The van der Waals surface area contributed by atoms with E-state index in [0.29, 0.717) is 41.4 Å². The number of hydrogen-bond acceptors (Lipinski definition) is 5. The molecule has 1 aliphatic heterocycles. The van der Waals surface area contributed by atoms with Gasteiger partial charge in [-0.1, -0.05) is 17.7 Å². The van der Waals surface area contributed by atoms with Crippen molar-refractivity contribution in [3.63, 3.8) is 0 Å². The van der Waals surface area contributed by atoms with Gasteiger partial charge in [0.1, 0.15) is 5.15 Å². The van der Waals surface area contributed by atoms with Crippen LogP contribution in [0.5, 0.6) is 11.5 Å².